The van der Waals surface area contributed by atoms with Crippen LogP contribution in [0.4, 0.5) is 0 Å². The third kappa shape index (κ3) is 3.60. The minimum absolute atomic E-state index is 0.334. The number of hydrogen-bond acceptors (Lipinski definition) is 2. The summed E-state index contributed by atoms with van der Waals surface area (Å²) in [6.45, 7) is 0.334. The van der Waals surface area contributed by atoms with Gasteiger partial charge in [0.1, 0.15) is 0 Å². The lowest BCUT2D eigenvalue weighted by atomic mass is 10.3. The van der Waals surface area contributed by atoms with Crippen molar-refractivity contribution in [3.05, 3.63) is 45.6 Å². The molecular formula is C8H7ClN4. The first-order valence-electron chi connectivity index (χ1n) is 3.62. The molecule has 13 heavy (non-hydrogen) atoms. The summed E-state index contributed by atoms with van der Waals surface area (Å²) in [6.07, 6.45) is 5.07. The molecule has 4 nitrogen and oxygen atoms in total. The van der Waals surface area contributed by atoms with E-state index in [4.69, 9.17) is 17.1 Å². The highest BCUT2D eigenvalue weighted by atomic mass is 35.5. The maximum absolute atomic E-state index is 7.99. The summed E-state index contributed by atoms with van der Waals surface area (Å²) in [5.74, 6) is 0. The Morgan fingerprint density at radius 1 is 1.62 bits per heavy atom. The zero-order chi connectivity index (χ0) is 9.52. The van der Waals surface area contributed by atoms with Gasteiger partial charge in [0.2, 0.25) is 0 Å². The first-order valence-corrected chi connectivity index (χ1v) is 3.99. The number of halogens is 1. The van der Waals surface area contributed by atoms with E-state index in [0.717, 1.165) is 5.69 Å². The topological polar surface area (TPSA) is 61.7 Å². The summed E-state index contributed by atoms with van der Waals surface area (Å²) in [5, 5.41) is 3.95. The van der Waals surface area contributed by atoms with Crippen molar-refractivity contribution < 1.29 is 0 Å². The summed E-state index contributed by atoms with van der Waals surface area (Å²) in [7, 11) is 0. The van der Waals surface area contributed by atoms with E-state index in [9.17, 15) is 0 Å². The number of rotatable bonds is 3. The van der Waals surface area contributed by atoms with Crippen LogP contribution in [0, 0.1) is 0 Å². The highest BCUT2D eigenvalue weighted by molar-refractivity contribution is 6.30. The SMILES string of the molecule is [N-]=[N+]=NCC=Cc1ccc(Cl)cn1. The van der Waals surface area contributed by atoms with Gasteiger partial charge >= 0.3 is 0 Å². The lowest BCUT2D eigenvalue weighted by Gasteiger charge is -1.91. The summed E-state index contributed by atoms with van der Waals surface area (Å²) in [4.78, 5) is 6.64. The van der Waals surface area contributed by atoms with E-state index in [2.05, 4.69) is 15.0 Å². The molecule has 0 amide bonds. The Kier molecular flexibility index (Phi) is 3.82. The molecule has 1 aromatic rings. The predicted molar refractivity (Wildman–Crippen MR) is 52.3 cm³/mol. The molecule has 0 saturated heterocycles. The maximum atomic E-state index is 7.99. The highest BCUT2D eigenvalue weighted by Gasteiger charge is 1.87. The van der Waals surface area contributed by atoms with Crippen molar-refractivity contribution in [2.75, 3.05) is 6.54 Å². The molecule has 0 aliphatic heterocycles. The lowest BCUT2D eigenvalue weighted by molar-refractivity contribution is 1.21. The molecule has 1 aromatic heterocycles. The number of azide groups is 1. The molecule has 0 atom stereocenters. The van der Waals surface area contributed by atoms with E-state index in [-0.39, 0.29) is 0 Å². The number of nitrogens with zero attached hydrogens (tertiary/aromatic N) is 4. The van der Waals surface area contributed by atoms with Crippen LogP contribution in [0.5, 0.6) is 0 Å². The minimum atomic E-state index is 0.334. The Morgan fingerprint density at radius 2 is 2.46 bits per heavy atom. The lowest BCUT2D eigenvalue weighted by Crippen LogP contribution is -1.78. The van der Waals surface area contributed by atoms with Gasteiger partial charge in [-0.3, -0.25) is 4.98 Å². The molecule has 0 aliphatic rings. The highest BCUT2D eigenvalue weighted by Crippen LogP contribution is 2.06. The quantitative estimate of drug-likeness (QED) is 0.414. The van der Waals surface area contributed by atoms with E-state index < -0.39 is 0 Å². The van der Waals surface area contributed by atoms with Gasteiger partial charge in [-0.05, 0) is 23.7 Å². The van der Waals surface area contributed by atoms with Crippen LogP contribution in [0.25, 0.3) is 16.5 Å². The molecule has 0 aliphatic carbocycles. The molecule has 0 unspecified atom stereocenters. The number of pyridine rings is 1. The minimum Gasteiger partial charge on any atom is -0.255 e. The molecule has 1 heterocycles. The van der Waals surface area contributed by atoms with Gasteiger partial charge in [-0.25, -0.2) is 0 Å². The zero-order valence-corrected chi connectivity index (χ0v) is 7.52. The van der Waals surface area contributed by atoms with Crippen LogP contribution in [0.15, 0.2) is 29.5 Å². The third-order valence-electron chi connectivity index (χ3n) is 1.29. The van der Waals surface area contributed by atoms with Crippen LogP contribution in [0.2, 0.25) is 5.02 Å². The summed E-state index contributed by atoms with van der Waals surface area (Å²) >= 11 is 5.64. The fourth-order valence-electron chi connectivity index (χ4n) is 0.743. The van der Waals surface area contributed by atoms with Gasteiger partial charge in [-0.2, -0.15) is 0 Å². The first-order chi connectivity index (χ1) is 6.33. The molecule has 5 heteroatoms. The average Bonchev–Trinajstić information content (AvgIpc) is 2.15. The maximum Gasteiger partial charge on any atom is 0.0627 e. The normalized spacial score (nSPS) is 9.92. The second-order valence-electron chi connectivity index (χ2n) is 2.22. The second kappa shape index (κ2) is 5.19. The summed E-state index contributed by atoms with van der Waals surface area (Å²) in [5.41, 5.74) is 8.78. The molecule has 0 saturated carbocycles. The Balaban J connectivity index is 2.58. The molecule has 0 radical (unpaired) electrons. The van der Waals surface area contributed by atoms with Crippen molar-refractivity contribution in [1.29, 1.82) is 0 Å². The van der Waals surface area contributed by atoms with Gasteiger partial charge in [0.05, 0.1) is 10.7 Å². The van der Waals surface area contributed by atoms with E-state index in [1.54, 1.807) is 30.5 Å². The Morgan fingerprint density at radius 3 is 3.08 bits per heavy atom. The smallest absolute Gasteiger partial charge is 0.0627 e. The first kappa shape index (κ1) is 9.58. The molecule has 1 rings (SSSR count). The number of aromatic nitrogens is 1. The van der Waals surface area contributed by atoms with Crippen LogP contribution < -0.4 is 0 Å². The summed E-state index contributed by atoms with van der Waals surface area (Å²) in [6, 6.07) is 3.54. The molecule has 0 bridgehead atoms. The molecule has 66 valence electrons. The molecule has 0 spiro atoms. The van der Waals surface area contributed by atoms with E-state index in [1.165, 1.54) is 0 Å². The average molecular weight is 195 g/mol. The van der Waals surface area contributed by atoms with Crippen LogP contribution in [-0.2, 0) is 0 Å². The van der Waals surface area contributed by atoms with Crippen LogP contribution >= 0.6 is 11.6 Å². The van der Waals surface area contributed by atoms with Crippen LogP contribution in [-0.4, -0.2) is 11.5 Å². The molecule has 0 fully saturated rings. The monoisotopic (exact) mass is 194 g/mol. The largest absolute Gasteiger partial charge is 0.255 e. The van der Waals surface area contributed by atoms with E-state index in [0.29, 0.717) is 11.6 Å². The van der Waals surface area contributed by atoms with Crippen molar-refractivity contribution in [2.24, 2.45) is 5.11 Å². The van der Waals surface area contributed by atoms with Gasteiger partial charge in [0.15, 0.2) is 0 Å². The Bertz CT molecular complexity index is 338. The molecule has 0 N–H and O–H groups in total. The van der Waals surface area contributed by atoms with Crippen LogP contribution in [0.3, 0.4) is 0 Å². The van der Waals surface area contributed by atoms with E-state index in [1.807, 2.05) is 0 Å². The van der Waals surface area contributed by atoms with Crippen molar-refractivity contribution in [2.45, 2.75) is 0 Å². The van der Waals surface area contributed by atoms with Crippen molar-refractivity contribution in [3.63, 3.8) is 0 Å². The zero-order valence-electron chi connectivity index (χ0n) is 6.76. The second-order valence-corrected chi connectivity index (χ2v) is 2.65. The standard InChI is InChI=1S/C8H7ClN4/c9-7-3-4-8(11-6-7)2-1-5-12-13-10/h1-4,6H,5H2. The van der Waals surface area contributed by atoms with Gasteiger partial charge in [0.25, 0.3) is 0 Å². The molecule has 0 aromatic carbocycles. The fourth-order valence-corrected chi connectivity index (χ4v) is 0.855. The van der Waals surface area contributed by atoms with Gasteiger partial charge in [-0.1, -0.05) is 22.8 Å². The number of hydrogen-bond donors (Lipinski definition) is 0. The van der Waals surface area contributed by atoms with Gasteiger partial charge in [0, 0.05) is 17.7 Å². The Labute approximate surface area is 80.5 Å². The Hall–Kier alpha value is -1.51. The molecular weight excluding hydrogens is 188 g/mol. The van der Waals surface area contributed by atoms with Crippen LogP contribution in [0.1, 0.15) is 5.69 Å². The fraction of sp³-hybridized carbons (Fsp3) is 0.125. The third-order valence-corrected chi connectivity index (χ3v) is 1.51. The van der Waals surface area contributed by atoms with Crippen molar-refractivity contribution in [3.8, 4) is 0 Å². The van der Waals surface area contributed by atoms with Gasteiger partial charge in [-0.15, -0.1) is 0 Å². The van der Waals surface area contributed by atoms with Crippen molar-refractivity contribution in [1.82, 2.24) is 4.98 Å². The van der Waals surface area contributed by atoms with E-state index >= 15 is 0 Å². The van der Waals surface area contributed by atoms with Crippen molar-refractivity contribution >= 4 is 17.7 Å². The summed E-state index contributed by atoms with van der Waals surface area (Å²) < 4.78 is 0. The van der Waals surface area contributed by atoms with Gasteiger partial charge < -0.3 is 0 Å². The predicted octanol–water partition coefficient (Wildman–Crippen LogP) is 3.06.